The second-order valence-corrected chi connectivity index (χ2v) is 6.91. The highest BCUT2D eigenvalue weighted by molar-refractivity contribution is 9.10. The molecule has 1 heterocycles. The predicted molar refractivity (Wildman–Crippen MR) is 101 cm³/mol. The first-order valence-electron chi connectivity index (χ1n) is 8.07. The number of carbonyl (C=O) groups is 2. The molecule has 25 heavy (non-hydrogen) atoms. The van der Waals surface area contributed by atoms with E-state index in [4.69, 9.17) is 0 Å². The molecule has 134 valence electrons. The Morgan fingerprint density at radius 1 is 1.28 bits per heavy atom. The molecule has 6 nitrogen and oxygen atoms in total. The molecule has 0 aliphatic heterocycles. The van der Waals surface area contributed by atoms with Crippen LogP contribution in [0.2, 0.25) is 0 Å². The van der Waals surface area contributed by atoms with Crippen LogP contribution in [0, 0.1) is 13.8 Å². The third-order valence-electron chi connectivity index (χ3n) is 4.20. The molecule has 0 radical (unpaired) electrons. The average Bonchev–Trinajstić information content (AvgIpc) is 2.80. The number of hydrogen-bond donors (Lipinski definition) is 1. The first kappa shape index (κ1) is 19.2. The van der Waals surface area contributed by atoms with Gasteiger partial charge in [-0.25, -0.2) is 0 Å². The Hall–Kier alpha value is -2.15. The van der Waals surface area contributed by atoms with Crippen LogP contribution in [-0.2, 0) is 23.1 Å². The molecule has 0 saturated carbocycles. The number of para-hydroxylation sites is 1. The molecule has 2 aromatic rings. The van der Waals surface area contributed by atoms with E-state index < -0.39 is 0 Å². The Labute approximate surface area is 156 Å². The van der Waals surface area contributed by atoms with Crippen molar-refractivity contribution in [3.8, 4) is 0 Å². The van der Waals surface area contributed by atoms with Crippen LogP contribution in [-0.4, -0.2) is 40.1 Å². The van der Waals surface area contributed by atoms with Gasteiger partial charge >= 0.3 is 0 Å². The molecular weight excluding hydrogens is 384 g/mol. The van der Waals surface area contributed by atoms with Crippen molar-refractivity contribution in [2.45, 2.75) is 26.7 Å². The van der Waals surface area contributed by atoms with Gasteiger partial charge in [-0.2, -0.15) is 5.10 Å². The Morgan fingerprint density at radius 2 is 1.96 bits per heavy atom. The van der Waals surface area contributed by atoms with Crippen molar-refractivity contribution >= 4 is 33.4 Å². The van der Waals surface area contributed by atoms with Crippen LogP contribution in [0.1, 0.15) is 23.4 Å². The Bertz CT molecular complexity index is 785. The molecule has 0 aliphatic carbocycles. The van der Waals surface area contributed by atoms with E-state index in [2.05, 4.69) is 26.3 Å². The minimum absolute atomic E-state index is 0.0190. The van der Waals surface area contributed by atoms with Crippen LogP contribution in [0.4, 0.5) is 5.69 Å². The lowest BCUT2D eigenvalue weighted by Crippen LogP contribution is -2.35. The van der Waals surface area contributed by atoms with E-state index in [-0.39, 0.29) is 18.4 Å². The van der Waals surface area contributed by atoms with Gasteiger partial charge in [0.25, 0.3) is 0 Å². The van der Waals surface area contributed by atoms with Gasteiger partial charge in [0.05, 0.1) is 17.9 Å². The Kier molecular flexibility index (Phi) is 6.36. The summed E-state index contributed by atoms with van der Waals surface area (Å²) in [6, 6.07) is 7.37. The number of rotatable bonds is 6. The van der Waals surface area contributed by atoms with Crippen molar-refractivity contribution < 1.29 is 9.59 Å². The fraction of sp³-hybridized carbons (Fsp3) is 0.389. The number of nitrogens with one attached hydrogen (secondary N) is 1. The van der Waals surface area contributed by atoms with Crippen molar-refractivity contribution in [1.82, 2.24) is 14.7 Å². The van der Waals surface area contributed by atoms with E-state index in [1.165, 1.54) is 4.90 Å². The van der Waals surface area contributed by atoms with Gasteiger partial charge in [-0.05, 0) is 53.9 Å². The summed E-state index contributed by atoms with van der Waals surface area (Å²) >= 11 is 3.38. The number of hydrogen-bond acceptors (Lipinski definition) is 3. The number of nitrogens with zero attached hydrogens (tertiary/aromatic N) is 3. The van der Waals surface area contributed by atoms with Crippen LogP contribution >= 0.6 is 15.9 Å². The van der Waals surface area contributed by atoms with E-state index in [0.717, 1.165) is 21.4 Å². The number of aryl methyl sites for hydroxylation is 2. The highest BCUT2D eigenvalue weighted by Gasteiger charge is 2.16. The number of carbonyl (C=O) groups excluding carboxylic acids is 2. The first-order chi connectivity index (χ1) is 11.8. The normalized spacial score (nSPS) is 10.6. The molecule has 0 aliphatic rings. The summed E-state index contributed by atoms with van der Waals surface area (Å²) in [4.78, 5) is 25.9. The summed E-state index contributed by atoms with van der Waals surface area (Å²) in [6.45, 7) is 3.96. The van der Waals surface area contributed by atoms with E-state index in [9.17, 15) is 9.59 Å². The highest BCUT2D eigenvalue weighted by Crippen LogP contribution is 2.21. The summed E-state index contributed by atoms with van der Waals surface area (Å²) in [6.07, 6.45) is 0.979. The Morgan fingerprint density at radius 3 is 2.56 bits per heavy atom. The summed E-state index contributed by atoms with van der Waals surface area (Å²) in [5.41, 5.74) is 3.80. The lowest BCUT2D eigenvalue weighted by molar-refractivity contribution is -0.133. The molecule has 0 spiro atoms. The van der Waals surface area contributed by atoms with Crippen LogP contribution in [0.25, 0.3) is 0 Å². The summed E-state index contributed by atoms with van der Waals surface area (Å²) in [5, 5.41) is 7.16. The maximum Gasteiger partial charge on any atom is 0.244 e. The van der Waals surface area contributed by atoms with Gasteiger partial charge in [0.1, 0.15) is 0 Å². The molecule has 0 unspecified atom stereocenters. The number of benzene rings is 1. The molecule has 7 heteroatoms. The lowest BCUT2D eigenvalue weighted by Gasteiger charge is -2.17. The number of anilines is 1. The largest absolute Gasteiger partial charge is 0.336 e. The van der Waals surface area contributed by atoms with Crippen LogP contribution < -0.4 is 5.32 Å². The third kappa shape index (κ3) is 4.92. The molecule has 0 bridgehead atoms. The molecule has 0 fully saturated rings. The maximum atomic E-state index is 12.3. The van der Waals surface area contributed by atoms with Crippen molar-refractivity contribution in [3.63, 3.8) is 0 Å². The van der Waals surface area contributed by atoms with E-state index in [1.807, 2.05) is 43.8 Å². The van der Waals surface area contributed by atoms with Gasteiger partial charge in [-0.1, -0.05) is 12.1 Å². The fourth-order valence-electron chi connectivity index (χ4n) is 2.66. The van der Waals surface area contributed by atoms with Crippen LogP contribution in [0.15, 0.2) is 28.7 Å². The second-order valence-electron chi connectivity index (χ2n) is 6.05. The zero-order valence-electron chi connectivity index (χ0n) is 15.0. The maximum absolute atomic E-state index is 12.3. The molecule has 0 atom stereocenters. The predicted octanol–water partition coefficient (Wildman–Crippen LogP) is 2.83. The quantitative estimate of drug-likeness (QED) is 0.801. The van der Waals surface area contributed by atoms with Crippen molar-refractivity contribution in [2.75, 3.05) is 18.9 Å². The van der Waals surface area contributed by atoms with Crippen molar-refractivity contribution in [1.29, 1.82) is 0 Å². The summed E-state index contributed by atoms with van der Waals surface area (Å²) in [7, 11) is 3.54. The molecule has 0 saturated heterocycles. The smallest absolute Gasteiger partial charge is 0.244 e. The zero-order chi connectivity index (χ0) is 18.6. The molecule has 1 aromatic carbocycles. The molecule has 2 rings (SSSR count). The van der Waals surface area contributed by atoms with Gasteiger partial charge in [0.2, 0.25) is 11.8 Å². The van der Waals surface area contributed by atoms with Crippen LogP contribution in [0.3, 0.4) is 0 Å². The summed E-state index contributed by atoms with van der Waals surface area (Å²) in [5.74, 6) is -0.290. The number of likely N-dealkylation sites (N-methyl/N-ethyl adjacent to an activating group) is 1. The monoisotopic (exact) mass is 406 g/mol. The third-order valence-corrected chi connectivity index (χ3v) is 4.89. The van der Waals surface area contributed by atoms with Gasteiger partial charge in [0.15, 0.2) is 0 Å². The van der Waals surface area contributed by atoms with E-state index in [1.54, 1.807) is 13.1 Å². The Balaban J connectivity index is 1.87. The van der Waals surface area contributed by atoms with Crippen LogP contribution in [0.5, 0.6) is 0 Å². The zero-order valence-corrected chi connectivity index (χ0v) is 16.6. The second kappa shape index (κ2) is 8.29. The average molecular weight is 407 g/mol. The lowest BCUT2D eigenvalue weighted by atomic mass is 10.1. The van der Waals surface area contributed by atoms with Gasteiger partial charge in [0, 0.05) is 30.7 Å². The minimum Gasteiger partial charge on any atom is -0.336 e. The molecule has 2 amide bonds. The topological polar surface area (TPSA) is 67.2 Å². The minimum atomic E-state index is -0.225. The first-order valence-corrected chi connectivity index (χ1v) is 8.86. The standard InChI is InChI=1S/C18H23BrN4O2/c1-12-14(13(2)23(4)21-12)9-10-18(25)22(3)11-17(24)20-16-8-6-5-7-15(16)19/h5-8H,9-11H2,1-4H3,(H,20,24). The van der Waals surface area contributed by atoms with Gasteiger partial charge in [-0.15, -0.1) is 0 Å². The van der Waals surface area contributed by atoms with E-state index >= 15 is 0 Å². The molecule has 1 N–H and O–H groups in total. The number of halogens is 1. The number of aromatic nitrogens is 2. The molecular formula is C18H23BrN4O2. The SMILES string of the molecule is Cc1nn(C)c(C)c1CCC(=O)N(C)CC(=O)Nc1ccccc1Br. The van der Waals surface area contributed by atoms with Crippen molar-refractivity contribution in [2.24, 2.45) is 7.05 Å². The van der Waals surface area contributed by atoms with Gasteiger partial charge in [-0.3, -0.25) is 14.3 Å². The van der Waals surface area contributed by atoms with E-state index in [0.29, 0.717) is 18.5 Å². The molecule has 1 aromatic heterocycles. The number of amides is 2. The van der Waals surface area contributed by atoms with Crippen molar-refractivity contribution in [3.05, 3.63) is 45.7 Å². The fourth-order valence-corrected chi connectivity index (χ4v) is 3.04. The summed E-state index contributed by atoms with van der Waals surface area (Å²) < 4.78 is 2.63. The highest BCUT2D eigenvalue weighted by atomic mass is 79.9. The van der Waals surface area contributed by atoms with Gasteiger partial charge < -0.3 is 10.2 Å².